The van der Waals surface area contributed by atoms with Crippen LogP contribution in [0.4, 0.5) is 0 Å². The molecule has 0 N–H and O–H groups in total. The van der Waals surface area contributed by atoms with E-state index in [0.717, 1.165) is 13.1 Å². The van der Waals surface area contributed by atoms with Crippen molar-refractivity contribution in [2.45, 2.75) is 20.4 Å². The lowest BCUT2D eigenvalue weighted by molar-refractivity contribution is 0.355. The lowest BCUT2D eigenvalue weighted by Gasteiger charge is -2.16. The number of hydrogen-bond donors (Lipinski definition) is 0. The fourth-order valence-corrected chi connectivity index (χ4v) is 1.82. The Bertz CT molecular complexity index is 412. The van der Waals surface area contributed by atoms with E-state index < -0.39 is 0 Å². The Morgan fingerprint density at radius 2 is 1.83 bits per heavy atom. The van der Waals surface area contributed by atoms with Gasteiger partial charge in [0.25, 0.3) is 0 Å². The molecule has 0 bridgehead atoms. The summed E-state index contributed by atoms with van der Waals surface area (Å²) < 4.78 is 0. The van der Waals surface area contributed by atoms with Crippen molar-refractivity contribution < 1.29 is 0 Å². The number of benzene rings is 1. The van der Waals surface area contributed by atoms with Gasteiger partial charge in [0.05, 0.1) is 0 Å². The highest BCUT2D eigenvalue weighted by Gasteiger charge is 1.99. The largest absolute Gasteiger partial charge is 0.298 e. The first-order valence-electron chi connectivity index (χ1n) is 6.40. The summed E-state index contributed by atoms with van der Waals surface area (Å²) in [5.74, 6) is 0. The standard InChI is InChI=1S/C17H23N/c1-4-5-6-8-11-16(2)14-18(3)15-17-12-9-7-10-13-17/h4-13H,14-15H2,1-3H3/b5-4-,8-6-,16-11+. The first-order valence-corrected chi connectivity index (χ1v) is 6.40. The van der Waals surface area contributed by atoms with Gasteiger partial charge in [-0.15, -0.1) is 0 Å². The van der Waals surface area contributed by atoms with Gasteiger partial charge in [0.1, 0.15) is 0 Å². The Morgan fingerprint density at radius 1 is 1.11 bits per heavy atom. The minimum atomic E-state index is 0.991. The Balaban J connectivity index is 2.42. The molecule has 1 rings (SSSR count). The summed E-state index contributed by atoms with van der Waals surface area (Å²) >= 11 is 0. The Labute approximate surface area is 111 Å². The molecule has 0 fully saturated rings. The summed E-state index contributed by atoms with van der Waals surface area (Å²) in [5, 5.41) is 0. The number of nitrogens with zero attached hydrogens (tertiary/aromatic N) is 1. The third-order valence-corrected chi connectivity index (χ3v) is 2.61. The van der Waals surface area contributed by atoms with Crippen LogP contribution in [-0.4, -0.2) is 18.5 Å². The summed E-state index contributed by atoms with van der Waals surface area (Å²) in [6.45, 7) is 6.18. The number of allylic oxidation sites excluding steroid dienone is 5. The Kier molecular flexibility index (Phi) is 6.82. The molecule has 0 saturated heterocycles. The second-order valence-electron chi connectivity index (χ2n) is 4.58. The van der Waals surface area contributed by atoms with Crippen LogP contribution in [0.5, 0.6) is 0 Å². The zero-order valence-corrected chi connectivity index (χ0v) is 11.6. The van der Waals surface area contributed by atoms with Crippen molar-refractivity contribution in [3.05, 3.63) is 71.8 Å². The van der Waals surface area contributed by atoms with Crippen LogP contribution in [0, 0.1) is 0 Å². The van der Waals surface area contributed by atoms with E-state index in [-0.39, 0.29) is 0 Å². The fourth-order valence-electron chi connectivity index (χ4n) is 1.82. The van der Waals surface area contributed by atoms with Gasteiger partial charge in [-0.25, -0.2) is 0 Å². The average Bonchev–Trinajstić information content (AvgIpc) is 2.35. The molecule has 0 spiro atoms. The molecular formula is C17H23N. The first kappa shape index (κ1) is 14.5. The van der Waals surface area contributed by atoms with Crippen molar-refractivity contribution in [1.82, 2.24) is 4.90 Å². The van der Waals surface area contributed by atoms with Crippen LogP contribution >= 0.6 is 0 Å². The number of hydrogen-bond acceptors (Lipinski definition) is 1. The molecule has 0 atom stereocenters. The van der Waals surface area contributed by atoms with Gasteiger partial charge in [-0.2, -0.15) is 0 Å². The van der Waals surface area contributed by atoms with Crippen molar-refractivity contribution >= 4 is 0 Å². The molecule has 0 radical (unpaired) electrons. The topological polar surface area (TPSA) is 3.24 Å². The van der Waals surface area contributed by atoms with E-state index in [1.54, 1.807) is 0 Å². The normalized spacial score (nSPS) is 13.0. The fraction of sp³-hybridized carbons (Fsp3) is 0.294. The maximum atomic E-state index is 2.32. The van der Waals surface area contributed by atoms with Gasteiger partial charge in [0.2, 0.25) is 0 Å². The zero-order valence-electron chi connectivity index (χ0n) is 11.6. The SMILES string of the molecule is C\C=C/C=C\C=C(/C)CN(C)Cc1ccccc1. The summed E-state index contributed by atoms with van der Waals surface area (Å²) in [6, 6.07) is 10.6. The quantitative estimate of drug-likeness (QED) is 0.675. The molecule has 1 aromatic rings. The highest BCUT2D eigenvalue weighted by Crippen LogP contribution is 2.05. The van der Waals surface area contributed by atoms with Crippen LogP contribution in [0.2, 0.25) is 0 Å². The number of rotatable bonds is 6. The van der Waals surface area contributed by atoms with E-state index in [1.807, 2.05) is 19.1 Å². The van der Waals surface area contributed by atoms with Crippen LogP contribution < -0.4 is 0 Å². The maximum absolute atomic E-state index is 2.32. The van der Waals surface area contributed by atoms with E-state index in [1.165, 1.54) is 11.1 Å². The van der Waals surface area contributed by atoms with Gasteiger partial charge in [0, 0.05) is 13.1 Å². The molecule has 0 amide bonds. The molecule has 1 nitrogen and oxygen atoms in total. The summed E-state index contributed by atoms with van der Waals surface area (Å²) in [7, 11) is 2.15. The van der Waals surface area contributed by atoms with E-state index in [2.05, 4.69) is 67.4 Å². The van der Waals surface area contributed by atoms with Crippen LogP contribution in [0.25, 0.3) is 0 Å². The average molecular weight is 241 g/mol. The van der Waals surface area contributed by atoms with Gasteiger partial charge in [-0.3, -0.25) is 4.90 Å². The molecule has 0 aliphatic rings. The molecule has 0 aromatic heterocycles. The lowest BCUT2D eigenvalue weighted by Crippen LogP contribution is -2.19. The van der Waals surface area contributed by atoms with E-state index >= 15 is 0 Å². The van der Waals surface area contributed by atoms with E-state index in [4.69, 9.17) is 0 Å². The highest BCUT2D eigenvalue weighted by molar-refractivity contribution is 5.17. The third-order valence-electron chi connectivity index (χ3n) is 2.61. The van der Waals surface area contributed by atoms with Crippen LogP contribution in [0.3, 0.4) is 0 Å². The maximum Gasteiger partial charge on any atom is 0.0234 e. The van der Waals surface area contributed by atoms with E-state index in [9.17, 15) is 0 Å². The van der Waals surface area contributed by atoms with Gasteiger partial charge in [-0.1, -0.05) is 66.3 Å². The Morgan fingerprint density at radius 3 is 2.50 bits per heavy atom. The molecule has 1 heteroatoms. The van der Waals surface area contributed by atoms with Crippen molar-refractivity contribution in [3.63, 3.8) is 0 Å². The summed E-state index contributed by atoms with van der Waals surface area (Å²) in [5.41, 5.74) is 2.73. The van der Waals surface area contributed by atoms with Crippen molar-refractivity contribution in [1.29, 1.82) is 0 Å². The molecular weight excluding hydrogens is 218 g/mol. The van der Waals surface area contributed by atoms with Crippen molar-refractivity contribution in [3.8, 4) is 0 Å². The minimum absolute atomic E-state index is 0.991. The second kappa shape index (κ2) is 8.48. The minimum Gasteiger partial charge on any atom is -0.298 e. The predicted octanol–water partition coefficient (Wildman–Crippen LogP) is 4.20. The predicted molar refractivity (Wildman–Crippen MR) is 80.5 cm³/mol. The zero-order chi connectivity index (χ0) is 13.2. The lowest BCUT2D eigenvalue weighted by atomic mass is 10.2. The van der Waals surface area contributed by atoms with Gasteiger partial charge in [-0.05, 0) is 26.5 Å². The molecule has 0 saturated carbocycles. The van der Waals surface area contributed by atoms with Crippen molar-refractivity contribution in [2.75, 3.05) is 13.6 Å². The number of likely N-dealkylation sites (N-methyl/N-ethyl adjacent to an activating group) is 1. The molecule has 0 aliphatic heterocycles. The molecule has 0 unspecified atom stereocenters. The molecule has 0 heterocycles. The van der Waals surface area contributed by atoms with E-state index in [0.29, 0.717) is 0 Å². The van der Waals surface area contributed by atoms with Gasteiger partial charge in [0.15, 0.2) is 0 Å². The first-order chi connectivity index (χ1) is 8.72. The second-order valence-corrected chi connectivity index (χ2v) is 4.58. The summed E-state index contributed by atoms with van der Waals surface area (Å²) in [6.07, 6.45) is 10.4. The van der Waals surface area contributed by atoms with Crippen LogP contribution in [-0.2, 0) is 6.54 Å². The molecule has 18 heavy (non-hydrogen) atoms. The third kappa shape index (κ3) is 6.21. The molecule has 96 valence electrons. The Hall–Kier alpha value is -1.60. The van der Waals surface area contributed by atoms with Gasteiger partial charge < -0.3 is 0 Å². The summed E-state index contributed by atoms with van der Waals surface area (Å²) in [4.78, 5) is 2.32. The monoisotopic (exact) mass is 241 g/mol. The van der Waals surface area contributed by atoms with Gasteiger partial charge >= 0.3 is 0 Å². The molecule has 0 aliphatic carbocycles. The van der Waals surface area contributed by atoms with Crippen LogP contribution in [0.1, 0.15) is 19.4 Å². The van der Waals surface area contributed by atoms with Crippen molar-refractivity contribution in [2.24, 2.45) is 0 Å². The highest BCUT2D eigenvalue weighted by atomic mass is 15.1. The van der Waals surface area contributed by atoms with Crippen LogP contribution in [0.15, 0.2) is 66.3 Å². The smallest absolute Gasteiger partial charge is 0.0234 e. The molecule has 1 aromatic carbocycles.